The van der Waals surface area contributed by atoms with Gasteiger partial charge in [-0.05, 0) is 87.6 Å². The SMILES string of the molecule is COCCOCCCC(=O)[C@@H](CCC(=O)OCc1ccccc1)NC(=O)[C@H](CCC(=O)OCc1ccccc1)CC(=O)[C@@H](CC(C)C)NC(=O)[C@H](CC(=O)OC(C)(C)C)CC(=O)[C@H](Cc1ccc(O)cc1)NC(C)=O. The molecule has 0 aliphatic rings. The van der Waals surface area contributed by atoms with E-state index in [9.17, 15) is 48.3 Å². The number of rotatable bonds is 35. The first-order valence-electron chi connectivity index (χ1n) is 25.5. The van der Waals surface area contributed by atoms with Gasteiger partial charge in [-0.1, -0.05) is 86.6 Å². The van der Waals surface area contributed by atoms with Crippen LogP contribution in [0.1, 0.15) is 122 Å². The topological polar surface area (TPSA) is 256 Å². The first-order valence-corrected chi connectivity index (χ1v) is 25.5. The van der Waals surface area contributed by atoms with Gasteiger partial charge in [0, 0.05) is 58.7 Å². The molecule has 75 heavy (non-hydrogen) atoms. The van der Waals surface area contributed by atoms with Crippen molar-refractivity contribution in [1.82, 2.24) is 16.0 Å². The van der Waals surface area contributed by atoms with Crippen molar-refractivity contribution in [3.8, 4) is 5.75 Å². The van der Waals surface area contributed by atoms with E-state index in [0.717, 1.165) is 11.1 Å². The second-order valence-electron chi connectivity index (χ2n) is 19.9. The van der Waals surface area contributed by atoms with Crippen LogP contribution in [0.4, 0.5) is 0 Å². The van der Waals surface area contributed by atoms with Gasteiger partial charge in [-0.2, -0.15) is 0 Å². The van der Waals surface area contributed by atoms with Gasteiger partial charge in [0.25, 0.3) is 0 Å². The van der Waals surface area contributed by atoms with Crippen LogP contribution in [0.2, 0.25) is 0 Å². The molecule has 4 N–H and O–H groups in total. The molecule has 3 aromatic carbocycles. The zero-order chi connectivity index (χ0) is 55.3. The lowest BCUT2D eigenvalue weighted by atomic mass is 9.88. The fraction of sp³-hybridized carbons (Fsp3) is 0.526. The van der Waals surface area contributed by atoms with Crippen molar-refractivity contribution in [1.29, 1.82) is 0 Å². The molecule has 0 bridgehead atoms. The van der Waals surface area contributed by atoms with Crippen molar-refractivity contribution in [3.05, 3.63) is 102 Å². The second kappa shape index (κ2) is 33.2. The van der Waals surface area contributed by atoms with E-state index in [1.54, 1.807) is 81.4 Å². The number of phenolic OH excluding ortho intramolecular Hbond substituents is 1. The number of ether oxygens (including phenoxy) is 5. The molecule has 0 aliphatic heterocycles. The highest BCUT2D eigenvalue weighted by Gasteiger charge is 2.35. The molecular formula is C57H77N3O15. The fourth-order valence-electron chi connectivity index (χ4n) is 7.87. The van der Waals surface area contributed by atoms with E-state index < -0.39 is 108 Å². The summed E-state index contributed by atoms with van der Waals surface area (Å²) < 4.78 is 27.0. The molecular weight excluding hydrogens is 967 g/mol. The summed E-state index contributed by atoms with van der Waals surface area (Å²) in [6.07, 6.45) is -2.15. The molecule has 0 unspecified atom stereocenters. The van der Waals surface area contributed by atoms with Gasteiger partial charge in [0.1, 0.15) is 24.6 Å². The maximum absolute atomic E-state index is 14.6. The van der Waals surface area contributed by atoms with Crippen molar-refractivity contribution in [2.24, 2.45) is 17.8 Å². The van der Waals surface area contributed by atoms with E-state index in [1.165, 1.54) is 26.2 Å². The van der Waals surface area contributed by atoms with Crippen LogP contribution < -0.4 is 16.0 Å². The number of phenols is 1. The van der Waals surface area contributed by atoms with Crippen molar-refractivity contribution < 1.29 is 71.9 Å². The Labute approximate surface area is 440 Å². The van der Waals surface area contributed by atoms with E-state index >= 15 is 0 Å². The van der Waals surface area contributed by atoms with Gasteiger partial charge in [-0.15, -0.1) is 0 Å². The molecule has 0 fully saturated rings. The molecule has 3 aromatic rings. The zero-order valence-electron chi connectivity index (χ0n) is 44.5. The van der Waals surface area contributed by atoms with E-state index in [1.807, 2.05) is 26.0 Å². The van der Waals surface area contributed by atoms with Crippen molar-refractivity contribution >= 4 is 53.0 Å². The number of ketones is 3. The van der Waals surface area contributed by atoms with Crippen molar-refractivity contribution in [2.75, 3.05) is 26.9 Å². The lowest BCUT2D eigenvalue weighted by molar-refractivity contribution is -0.157. The number of nitrogens with one attached hydrogen (secondary N) is 3. The summed E-state index contributed by atoms with van der Waals surface area (Å²) in [6.45, 7) is 10.6. The highest BCUT2D eigenvalue weighted by molar-refractivity contribution is 5.97. The minimum absolute atomic E-state index is 0.00122. The first kappa shape index (κ1) is 62.5. The van der Waals surface area contributed by atoms with Crippen LogP contribution in [0.15, 0.2) is 84.9 Å². The maximum Gasteiger partial charge on any atom is 0.307 e. The lowest BCUT2D eigenvalue weighted by Crippen LogP contribution is -2.49. The third kappa shape index (κ3) is 26.3. The molecule has 0 heterocycles. The van der Waals surface area contributed by atoms with E-state index in [4.69, 9.17) is 23.7 Å². The van der Waals surface area contributed by atoms with E-state index in [0.29, 0.717) is 25.2 Å². The van der Waals surface area contributed by atoms with Gasteiger partial charge >= 0.3 is 17.9 Å². The number of esters is 3. The lowest BCUT2D eigenvalue weighted by Gasteiger charge is -2.27. The molecule has 3 amide bonds. The standard InChI is InChI=1S/C57H77N3O15/c1-38(2)31-47(60-56(70)44(35-54(68)75-57(4,5)6)34-51(65)48(58-39(3)61)32-40-20-23-45(62)24-21-40)50(64)33-43(22-26-52(66)73-36-41-15-10-8-11-16-41)55(69)59-46(49(63)19-14-28-72-30-29-71-7)25-27-53(67)74-37-42-17-12-9-13-18-42/h8-13,15-18,20-21,23-24,38,43-44,46-48,62H,14,19,22,25-37H2,1-7H3,(H,58,61)(H,59,69)(H,60,70)/t43-,44+,46-,47-,48+/m1/s1. The van der Waals surface area contributed by atoms with Crippen LogP contribution in [0.5, 0.6) is 5.75 Å². The number of amides is 3. The van der Waals surface area contributed by atoms with Gasteiger partial charge in [0.2, 0.25) is 17.7 Å². The van der Waals surface area contributed by atoms with Gasteiger partial charge in [0.05, 0.1) is 43.7 Å². The van der Waals surface area contributed by atoms with Crippen LogP contribution in [0, 0.1) is 17.8 Å². The summed E-state index contributed by atoms with van der Waals surface area (Å²) in [4.78, 5) is 123. The Bertz CT molecular complexity index is 2300. The number of carbonyl (C=O) groups excluding carboxylic acids is 9. The van der Waals surface area contributed by atoms with Gasteiger partial charge < -0.3 is 44.7 Å². The Morgan fingerprint density at radius 2 is 1.09 bits per heavy atom. The number of hydrogen-bond donors (Lipinski definition) is 4. The normalized spacial score (nSPS) is 13.3. The minimum Gasteiger partial charge on any atom is -0.508 e. The number of carbonyl (C=O) groups is 9. The summed E-state index contributed by atoms with van der Waals surface area (Å²) >= 11 is 0. The van der Waals surface area contributed by atoms with Gasteiger partial charge in [-0.3, -0.25) is 43.2 Å². The fourth-order valence-corrected chi connectivity index (χ4v) is 7.87. The monoisotopic (exact) mass is 1040 g/mol. The van der Waals surface area contributed by atoms with Crippen molar-refractivity contribution in [3.63, 3.8) is 0 Å². The summed E-state index contributed by atoms with van der Waals surface area (Å²) in [5.74, 6) is -8.60. The highest BCUT2D eigenvalue weighted by Crippen LogP contribution is 2.22. The molecule has 18 nitrogen and oxygen atoms in total. The molecule has 0 aromatic heterocycles. The molecule has 0 radical (unpaired) electrons. The molecule has 18 heteroatoms. The van der Waals surface area contributed by atoms with Gasteiger partial charge in [-0.25, -0.2) is 0 Å². The predicted molar refractivity (Wildman–Crippen MR) is 277 cm³/mol. The van der Waals surface area contributed by atoms with E-state index in [2.05, 4.69) is 16.0 Å². The molecule has 0 spiro atoms. The summed E-state index contributed by atoms with van der Waals surface area (Å²) in [5, 5.41) is 17.9. The summed E-state index contributed by atoms with van der Waals surface area (Å²) in [7, 11) is 1.53. The minimum atomic E-state index is -1.37. The Morgan fingerprint density at radius 3 is 1.64 bits per heavy atom. The number of benzene rings is 3. The smallest absolute Gasteiger partial charge is 0.307 e. The Kier molecular flexibility index (Phi) is 27.7. The Morgan fingerprint density at radius 1 is 0.560 bits per heavy atom. The second-order valence-corrected chi connectivity index (χ2v) is 19.9. The average molecular weight is 1040 g/mol. The number of aromatic hydroxyl groups is 1. The Balaban J connectivity index is 1.93. The predicted octanol–water partition coefficient (Wildman–Crippen LogP) is 6.40. The highest BCUT2D eigenvalue weighted by atomic mass is 16.6. The van der Waals surface area contributed by atoms with Crippen LogP contribution >= 0.6 is 0 Å². The van der Waals surface area contributed by atoms with E-state index in [-0.39, 0.29) is 76.4 Å². The largest absolute Gasteiger partial charge is 0.508 e. The molecule has 0 saturated carbocycles. The molecule has 5 atom stereocenters. The summed E-state index contributed by atoms with van der Waals surface area (Å²) in [5.41, 5.74) is 1.13. The van der Waals surface area contributed by atoms with Gasteiger partial charge in [0.15, 0.2) is 17.3 Å². The average Bonchev–Trinajstić information content (AvgIpc) is 3.35. The van der Waals surface area contributed by atoms with Crippen LogP contribution in [0.3, 0.4) is 0 Å². The number of Topliss-reactive ketones (excluding diaryl/α,β-unsaturated/α-hetero) is 3. The number of hydrogen-bond acceptors (Lipinski definition) is 15. The zero-order valence-corrected chi connectivity index (χ0v) is 44.5. The van der Waals surface area contributed by atoms with Crippen molar-refractivity contribution in [2.45, 2.75) is 149 Å². The summed E-state index contributed by atoms with van der Waals surface area (Å²) in [6, 6.07) is 20.4. The number of methoxy groups -OCH3 is 1. The van der Waals surface area contributed by atoms with Crippen LogP contribution in [-0.4, -0.2) is 109 Å². The molecule has 0 aliphatic carbocycles. The van der Waals surface area contributed by atoms with Crippen LogP contribution in [0.25, 0.3) is 0 Å². The Hall–Kier alpha value is -6.79. The third-order valence-corrected chi connectivity index (χ3v) is 11.7. The molecule has 0 saturated heterocycles. The third-order valence-electron chi connectivity index (χ3n) is 11.7. The quantitative estimate of drug-likeness (QED) is 0.0283. The van der Waals surface area contributed by atoms with Crippen LogP contribution in [-0.2, 0) is 86.5 Å². The maximum atomic E-state index is 14.6. The first-order chi connectivity index (χ1) is 35.6. The molecule has 410 valence electrons. The molecule has 3 rings (SSSR count).